The van der Waals surface area contributed by atoms with Crippen molar-refractivity contribution >= 4 is 5.82 Å². The Balaban J connectivity index is 2.13. The fourth-order valence-electron chi connectivity index (χ4n) is 3.47. The van der Waals surface area contributed by atoms with E-state index in [4.69, 9.17) is 0 Å². The molecule has 0 radical (unpaired) electrons. The molecule has 1 saturated heterocycles. The lowest BCUT2D eigenvalue weighted by molar-refractivity contribution is 0.459. The average molecular weight is 292 g/mol. The standard InChI is InChI=1S/C17H32N4/c1-5-10-18-13-16-14(3)19-20(4)17(16)21-11-7-8-15(6-2)9-12-21/h15,18H,5-13H2,1-4H3. The van der Waals surface area contributed by atoms with Crippen LogP contribution in [0.4, 0.5) is 5.82 Å². The number of nitrogens with zero attached hydrogens (tertiary/aromatic N) is 3. The van der Waals surface area contributed by atoms with Crippen LogP contribution in [-0.2, 0) is 13.6 Å². The molecule has 120 valence electrons. The molecule has 4 heteroatoms. The van der Waals surface area contributed by atoms with Crippen molar-refractivity contribution in [2.24, 2.45) is 13.0 Å². The van der Waals surface area contributed by atoms with Gasteiger partial charge in [0.15, 0.2) is 0 Å². The highest BCUT2D eigenvalue weighted by Crippen LogP contribution is 2.28. The van der Waals surface area contributed by atoms with E-state index >= 15 is 0 Å². The minimum Gasteiger partial charge on any atom is -0.357 e. The maximum Gasteiger partial charge on any atom is 0.131 e. The topological polar surface area (TPSA) is 33.1 Å². The van der Waals surface area contributed by atoms with Gasteiger partial charge in [0, 0.05) is 32.2 Å². The molecule has 2 heterocycles. The fraction of sp³-hybridized carbons (Fsp3) is 0.824. The molecule has 0 aliphatic carbocycles. The largest absolute Gasteiger partial charge is 0.357 e. The molecule has 0 aromatic carbocycles. The van der Waals surface area contributed by atoms with Crippen molar-refractivity contribution in [3.05, 3.63) is 11.3 Å². The van der Waals surface area contributed by atoms with Crippen molar-refractivity contribution < 1.29 is 0 Å². The first kappa shape index (κ1) is 16.3. The summed E-state index contributed by atoms with van der Waals surface area (Å²) in [5, 5.41) is 8.21. The minimum atomic E-state index is 0.908. The summed E-state index contributed by atoms with van der Waals surface area (Å²) in [5.41, 5.74) is 2.56. The van der Waals surface area contributed by atoms with Gasteiger partial charge >= 0.3 is 0 Å². The van der Waals surface area contributed by atoms with E-state index in [0.29, 0.717) is 0 Å². The molecule has 0 spiro atoms. The quantitative estimate of drug-likeness (QED) is 0.817. The Morgan fingerprint density at radius 2 is 2.05 bits per heavy atom. The van der Waals surface area contributed by atoms with E-state index in [9.17, 15) is 0 Å². The number of nitrogens with one attached hydrogen (secondary N) is 1. The van der Waals surface area contributed by atoms with E-state index in [-0.39, 0.29) is 0 Å². The zero-order valence-corrected chi connectivity index (χ0v) is 14.3. The number of hydrogen-bond acceptors (Lipinski definition) is 3. The van der Waals surface area contributed by atoms with Crippen LogP contribution in [0.3, 0.4) is 0 Å². The van der Waals surface area contributed by atoms with Crippen LogP contribution in [0.5, 0.6) is 0 Å². The second-order valence-electron chi connectivity index (χ2n) is 6.38. The number of aromatic nitrogens is 2. The monoisotopic (exact) mass is 292 g/mol. The van der Waals surface area contributed by atoms with Crippen molar-refractivity contribution in [3.8, 4) is 0 Å². The van der Waals surface area contributed by atoms with Gasteiger partial charge in [0.2, 0.25) is 0 Å². The summed E-state index contributed by atoms with van der Waals surface area (Å²) >= 11 is 0. The van der Waals surface area contributed by atoms with Crippen LogP contribution in [0.25, 0.3) is 0 Å². The maximum absolute atomic E-state index is 4.67. The molecule has 1 unspecified atom stereocenters. The van der Waals surface area contributed by atoms with Crippen LogP contribution in [-0.4, -0.2) is 29.4 Å². The Morgan fingerprint density at radius 1 is 1.24 bits per heavy atom. The lowest BCUT2D eigenvalue weighted by atomic mass is 9.98. The molecule has 0 saturated carbocycles. The van der Waals surface area contributed by atoms with Gasteiger partial charge in [-0.25, -0.2) is 0 Å². The van der Waals surface area contributed by atoms with Crippen molar-refractivity contribution in [2.75, 3.05) is 24.5 Å². The van der Waals surface area contributed by atoms with Crippen LogP contribution in [0.15, 0.2) is 0 Å². The normalized spacial score (nSPS) is 19.8. The van der Waals surface area contributed by atoms with E-state index in [1.807, 2.05) is 0 Å². The lowest BCUT2D eigenvalue weighted by Crippen LogP contribution is -2.28. The predicted octanol–water partition coefficient (Wildman–Crippen LogP) is 3.24. The summed E-state index contributed by atoms with van der Waals surface area (Å²) in [6, 6.07) is 0. The number of rotatable bonds is 6. The fourth-order valence-corrected chi connectivity index (χ4v) is 3.47. The Kier molecular flexibility index (Phi) is 6.09. The van der Waals surface area contributed by atoms with Gasteiger partial charge in [0.25, 0.3) is 0 Å². The minimum absolute atomic E-state index is 0.908. The van der Waals surface area contributed by atoms with Crippen LogP contribution in [0.2, 0.25) is 0 Å². The Morgan fingerprint density at radius 3 is 2.76 bits per heavy atom. The van der Waals surface area contributed by atoms with Crippen molar-refractivity contribution in [3.63, 3.8) is 0 Å². The third kappa shape index (κ3) is 4.00. The van der Waals surface area contributed by atoms with Gasteiger partial charge in [0.1, 0.15) is 5.82 Å². The summed E-state index contributed by atoms with van der Waals surface area (Å²) < 4.78 is 2.09. The summed E-state index contributed by atoms with van der Waals surface area (Å²) in [6.07, 6.45) is 6.51. The molecule has 1 aliphatic rings. The lowest BCUT2D eigenvalue weighted by Gasteiger charge is -2.24. The maximum atomic E-state index is 4.67. The molecule has 1 aromatic heterocycles. The molecule has 0 amide bonds. The Labute approximate surface area is 129 Å². The van der Waals surface area contributed by atoms with Gasteiger partial charge in [-0.15, -0.1) is 0 Å². The van der Waals surface area contributed by atoms with Gasteiger partial charge in [0.05, 0.1) is 5.69 Å². The third-order valence-electron chi connectivity index (χ3n) is 4.77. The van der Waals surface area contributed by atoms with Gasteiger partial charge < -0.3 is 10.2 Å². The molecule has 2 rings (SSSR count). The molecular weight excluding hydrogens is 260 g/mol. The Bertz CT molecular complexity index is 438. The molecule has 1 fully saturated rings. The first-order valence-corrected chi connectivity index (χ1v) is 8.65. The van der Waals surface area contributed by atoms with Crippen LogP contribution < -0.4 is 10.2 Å². The van der Waals surface area contributed by atoms with Crippen molar-refractivity contribution in [2.45, 2.75) is 59.4 Å². The van der Waals surface area contributed by atoms with Gasteiger partial charge in [-0.1, -0.05) is 20.3 Å². The van der Waals surface area contributed by atoms with Crippen molar-refractivity contribution in [1.82, 2.24) is 15.1 Å². The van der Waals surface area contributed by atoms with Crippen LogP contribution in [0, 0.1) is 12.8 Å². The third-order valence-corrected chi connectivity index (χ3v) is 4.77. The van der Waals surface area contributed by atoms with E-state index < -0.39 is 0 Å². The second kappa shape index (κ2) is 7.83. The SMILES string of the molecule is CCCNCc1c(C)nn(C)c1N1CCCC(CC)CC1. The highest BCUT2D eigenvalue weighted by atomic mass is 15.4. The molecule has 1 N–H and O–H groups in total. The molecular formula is C17H32N4. The average Bonchev–Trinajstić information content (AvgIpc) is 2.66. The second-order valence-corrected chi connectivity index (χ2v) is 6.38. The zero-order valence-electron chi connectivity index (χ0n) is 14.3. The first-order valence-electron chi connectivity index (χ1n) is 8.65. The number of anilines is 1. The summed E-state index contributed by atoms with van der Waals surface area (Å²) in [4.78, 5) is 2.57. The van der Waals surface area contributed by atoms with E-state index in [1.165, 1.54) is 62.3 Å². The Hall–Kier alpha value is -1.03. The van der Waals surface area contributed by atoms with E-state index in [0.717, 1.165) is 19.0 Å². The number of hydrogen-bond donors (Lipinski definition) is 1. The van der Waals surface area contributed by atoms with E-state index in [2.05, 4.69) is 47.8 Å². The molecule has 1 aromatic rings. The van der Waals surface area contributed by atoms with Gasteiger partial charge in [-0.3, -0.25) is 4.68 Å². The highest BCUT2D eigenvalue weighted by molar-refractivity contribution is 5.50. The molecule has 4 nitrogen and oxygen atoms in total. The van der Waals surface area contributed by atoms with Gasteiger partial charge in [-0.2, -0.15) is 5.10 Å². The zero-order chi connectivity index (χ0) is 15.2. The predicted molar refractivity (Wildman–Crippen MR) is 89.8 cm³/mol. The number of aryl methyl sites for hydroxylation is 2. The molecule has 1 aliphatic heterocycles. The van der Waals surface area contributed by atoms with E-state index in [1.54, 1.807) is 0 Å². The van der Waals surface area contributed by atoms with Crippen LogP contribution >= 0.6 is 0 Å². The summed E-state index contributed by atoms with van der Waals surface area (Å²) in [5.74, 6) is 2.25. The van der Waals surface area contributed by atoms with Crippen LogP contribution in [0.1, 0.15) is 57.2 Å². The summed E-state index contributed by atoms with van der Waals surface area (Å²) in [6.45, 7) is 11.0. The van der Waals surface area contributed by atoms with Gasteiger partial charge in [-0.05, 0) is 45.1 Å². The molecule has 1 atom stereocenters. The highest BCUT2D eigenvalue weighted by Gasteiger charge is 2.22. The molecule has 0 bridgehead atoms. The first-order chi connectivity index (χ1) is 10.2. The van der Waals surface area contributed by atoms with Crippen molar-refractivity contribution in [1.29, 1.82) is 0 Å². The summed E-state index contributed by atoms with van der Waals surface area (Å²) in [7, 11) is 2.09. The molecule has 21 heavy (non-hydrogen) atoms. The smallest absolute Gasteiger partial charge is 0.131 e.